The van der Waals surface area contributed by atoms with E-state index in [0.717, 1.165) is 48.9 Å². The molecule has 1 saturated heterocycles. The van der Waals surface area contributed by atoms with E-state index < -0.39 is 0 Å². The lowest BCUT2D eigenvalue weighted by atomic mass is 10.2. The third-order valence-corrected chi connectivity index (χ3v) is 5.45. The molecule has 6 heteroatoms. The summed E-state index contributed by atoms with van der Waals surface area (Å²) in [6, 6.07) is 14.4. The van der Waals surface area contributed by atoms with Crippen LogP contribution in [0.1, 0.15) is 5.56 Å². The summed E-state index contributed by atoms with van der Waals surface area (Å²) in [5, 5.41) is 0. The van der Waals surface area contributed by atoms with Crippen molar-refractivity contribution in [3.63, 3.8) is 0 Å². The Morgan fingerprint density at radius 3 is 2.54 bits per heavy atom. The number of ether oxygens (including phenoxy) is 1. The highest BCUT2D eigenvalue weighted by atomic mass is 32.2. The van der Waals surface area contributed by atoms with Gasteiger partial charge in [0.1, 0.15) is 11.6 Å². The second-order valence-electron chi connectivity index (χ2n) is 6.19. The largest absolute Gasteiger partial charge is 0.497 e. The minimum absolute atomic E-state index is 0.169. The molecule has 0 unspecified atom stereocenters. The van der Waals surface area contributed by atoms with Gasteiger partial charge in [0.05, 0.1) is 12.9 Å². The van der Waals surface area contributed by atoms with E-state index >= 15 is 0 Å². The Morgan fingerprint density at radius 2 is 1.85 bits per heavy atom. The predicted octanol–water partition coefficient (Wildman–Crippen LogP) is 3.42. The van der Waals surface area contributed by atoms with Gasteiger partial charge in [0.2, 0.25) is 5.91 Å². The van der Waals surface area contributed by atoms with Crippen LogP contribution in [0.2, 0.25) is 0 Å². The molecular formula is C20H23FN2O2S. The van der Waals surface area contributed by atoms with Crippen LogP contribution in [0.25, 0.3) is 0 Å². The van der Waals surface area contributed by atoms with Gasteiger partial charge >= 0.3 is 0 Å². The number of hydrogen-bond donors (Lipinski definition) is 0. The van der Waals surface area contributed by atoms with Gasteiger partial charge in [-0.3, -0.25) is 4.79 Å². The van der Waals surface area contributed by atoms with Gasteiger partial charge in [0.15, 0.2) is 0 Å². The normalized spacial score (nSPS) is 14.4. The van der Waals surface area contributed by atoms with Crippen molar-refractivity contribution in [2.24, 2.45) is 0 Å². The molecule has 2 aromatic rings. The molecule has 1 aliphatic rings. The molecule has 26 heavy (non-hydrogen) atoms. The molecule has 0 atom stereocenters. The highest BCUT2D eigenvalue weighted by molar-refractivity contribution is 7.99. The zero-order valence-electron chi connectivity index (χ0n) is 14.9. The van der Waals surface area contributed by atoms with Gasteiger partial charge in [0, 0.05) is 43.7 Å². The SMILES string of the molecule is COc1cccc(N2CCN(C(=O)CSCc3ccc(F)cc3)CC2)c1. The van der Waals surface area contributed by atoms with Gasteiger partial charge in [-0.1, -0.05) is 18.2 Å². The maximum Gasteiger partial charge on any atom is 0.232 e. The van der Waals surface area contributed by atoms with Crippen molar-refractivity contribution in [3.05, 3.63) is 59.9 Å². The molecule has 0 bridgehead atoms. The van der Waals surface area contributed by atoms with E-state index in [2.05, 4.69) is 11.0 Å². The molecule has 0 radical (unpaired) electrons. The second-order valence-corrected chi connectivity index (χ2v) is 7.17. The monoisotopic (exact) mass is 374 g/mol. The van der Waals surface area contributed by atoms with Gasteiger partial charge in [0.25, 0.3) is 0 Å². The lowest BCUT2D eigenvalue weighted by Crippen LogP contribution is -2.49. The van der Waals surface area contributed by atoms with E-state index in [1.807, 2.05) is 23.1 Å². The zero-order chi connectivity index (χ0) is 18.4. The Balaban J connectivity index is 1.43. The number of methoxy groups -OCH3 is 1. The summed E-state index contributed by atoms with van der Waals surface area (Å²) in [5.74, 6) is 1.95. The van der Waals surface area contributed by atoms with E-state index in [9.17, 15) is 9.18 Å². The molecule has 1 aliphatic heterocycles. The van der Waals surface area contributed by atoms with Crippen LogP contribution in [-0.2, 0) is 10.5 Å². The number of amides is 1. The average Bonchev–Trinajstić information content (AvgIpc) is 2.69. The smallest absolute Gasteiger partial charge is 0.232 e. The number of halogens is 1. The minimum atomic E-state index is -0.233. The molecule has 3 rings (SSSR count). The predicted molar refractivity (Wildman–Crippen MR) is 104 cm³/mol. The van der Waals surface area contributed by atoms with Crippen molar-refractivity contribution in [1.82, 2.24) is 4.90 Å². The Morgan fingerprint density at radius 1 is 1.12 bits per heavy atom. The van der Waals surface area contributed by atoms with Crippen LogP contribution in [0.4, 0.5) is 10.1 Å². The summed E-state index contributed by atoms with van der Waals surface area (Å²) in [6.45, 7) is 3.10. The number of thioether (sulfide) groups is 1. The number of rotatable bonds is 6. The minimum Gasteiger partial charge on any atom is -0.497 e. The standard InChI is InChI=1S/C20H23FN2O2S/c1-25-19-4-2-3-18(13-19)22-9-11-23(12-10-22)20(24)15-26-14-16-5-7-17(21)8-6-16/h2-8,13H,9-12,14-15H2,1H3. The number of nitrogens with zero attached hydrogens (tertiary/aromatic N) is 2. The molecule has 1 fully saturated rings. The first-order chi connectivity index (χ1) is 12.7. The number of carbonyl (C=O) groups excluding carboxylic acids is 1. The van der Waals surface area contributed by atoms with Crippen LogP contribution in [-0.4, -0.2) is 49.8 Å². The Kier molecular flexibility index (Phi) is 6.39. The highest BCUT2D eigenvalue weighted by Crippen LogP contribution is 2.22. The fourth-order valence-electron chi connectivity index (χ4n) is 2.95. The quantitative estimate of drug-likeness (QED) is 0.776. The van der Waals surface area contributed by atoms with Crippen molar-refractivity contribution in [1.29, 1.82) is 0 Å². The van der Waals surface area contributed by atoms with Gasteiger partial charge in [-0.15, -0.1) is 11.8 Å². The van der Waals surface area contributed by atoms with Crippen LogP contribution < -0.4 is 9.64 Å². The zero-order valence-corrected chi connectivity index (χ0v) is 15.7. The summed E-state index contributed by atoms with van der Waals surface area (Å²) >= 11 is 1.57. The molecule has 1 heterocycles. The van der Waals surface area contributed by atoms with Crippen LogP contribution in [0.3, 0.4) is 0 Å². The first kappa shape index (κ1) is 18.6. The molecule has 0 N–H and O–H groups in total. The molecule has 1 amide bonds. The Bertz CT molecular complexity index is 731. The van der Waals surface area contributed by atoms with Crippen molar-refractivity contribution < 1.29 is 13.9 Å². The number of carbonyl (C=O) groups is 1. The first-order valence-corrected chi connectivity index (χ1v) is 9.80. The van der Waals surface area contributed by atoms with Crippen molar-refractivity contribution in [2.75, 3.05) is 43.9 Å². The fourth-order valence-corrected chi connectivity index (χ4v) is 3.84. The maximum atomic E-state index is 12.9. The molecular weight excluding hydrogens is 351 g/mol. The first-order valence-electron chi connectivity index (χ1n) is 8.64. The topological polar surface area (TPSA) is 32.8 Å². The van der Waals surface area contributed by atoms with Gasteiger partial charge in [-0.05, 0) is 29.8 Å². The Labute approximate surface area is 157 Å². The van der Waals surface area contributed by atoms with Crippen molar-refractivity contribution >= 4 is 23.4 Å². The van der Waals surface area contributed by atoms with E-state index in [-0.39, 0.29) is 11.7 Å². The molecule has 0 aromatic heterocycles. The third-order valence-electron chi connectivity index (χ3n) is 4.46. The van der Waals surface area contributed by atoms with Gasteiger partial charge in [-0.2, -0.15) is 0 Å². The van der Waals surface area contributed by atoms with Crippen molar-refractivity contribution in [2.45, 2.75) is 5.75 Å². The molecule has 138 valence electrons. The van der Waals surface area contributed by atoms with E-state index in [1.54, 1.807) is 31.0 Å². The second kappa shape index (κ2) is 8.94. The molecule has 4 nitrogen and oxygen atoms in total. The number of benzene rings is 2. The van der Waals surface area contributed by atoms with E-state index in [0.29, 0.717) is 5.75 Å². The third kappa shape index (κ3) is 4.91. The number of anilines is 1. The summed E-state index contributed by atoms with van der Waals surface area (Å²) in [4.78, 5) is 16.6. The summed E-state index contributed by atoms with van der Waals surface area (Å²) in [7, 11) is 1.67. The van der Waals surface area contributed by atoms with E-state index in [1.165, 1.54) is 12.1 Å². The van der Waals surface area contributed by atoms with Gasteiger partial charge in [-0.25, -0.2) is 4.39 Å². The molecule has 0 saturated carbocycles. The lowest BCUT2D eigenvalue weighted by molar-refractivity contribution is -0.128. The number of piperazine rings is 1. The average molecular weight is 374 g/mol. The molecule has 0 spiro atoms. The highest BCUT2D eigenvalue weighted by Gasteiger charge is 2.21. The summed E-state index contributed by atoms with van der Waals surface area (Å²) in [6.07, 6.45) is 0. The van der Waals surface area contributed by atoms with Crippen molar-refractivity contribution in [3.8, 4) is 5.75 Å². The van der Waals surface area contributed by atoms with Gasteiger partial charge < -0.3 is 14.5 Å². The summed E-state index contributed by atoms with van der Waals surface area (Å²) < 4.78 is 18.2. The van der Waals surface area contributed by atoms with Crippen LogP contribution in [0.15, 0.2) is 48.5 Å². The maximum absolute atomic E-state index is 12.9. The van der Waals surface area contributed by atoms with Crippen LogP contribution >= 0.6 is 11.8 Å². The van der Waals surface area contributed by atoms with E-state index in [4.69, 9.17) is 4.74 Å². The lowest BCUT2D eigenvalue weighted by Gasteiger charge is -2.36. The fraction of sp³-hybridized carbons (Fsp3) is 0.350. The van der Waals surface area contributed by atoms with Crippen LogP contribution in [0.5, 0.6) is 5.75 Å². The number of hydrogen-bond acceptors (Lipinski definition) is 4. The van der Waals surface area contributed by atoms with Crippen LogP contribution in [0, 0.1) is 5.82 Å². The Hall–Kier alpha value is -2.21. The summed E-state index contributed by atoms with van der Waals surface area (Å²) in [5.41, 5.74) is 2.16. The molecule has 0 aliphatic carbocycles. The molecule has 2 aromatic carbocycles.